The average Bonchev–Trinajstić information content (AvgIpc) is 3.12. The molecule has 2 aliphatic rings. The molecule has 0 saturated carbocycles. The van der Waals surface area contributed by atoms with E-state index in [4.69, 9.17) is 23.8 Å². The summed E-state index contributed by atoms with van der Waals surface area (Å²) in [5.74, 6) is 0.410. The second kappa shape index (κ2) is 8.33. The zero-order chi connectivity index (χ0) is 22.2. The maximum atomic E-state index is 12.9. The molecule has 1 aromatic carbocycles. The second-order valence-electron chi connectivity index (χ2n) is 7.33. The van der Waals surface area contributed by atoms with Gasteiger partial charge in [-0.2, -0.15) is 0 Å². The Balaban J connectivity index is 1.49. The summed E-state index contributed by atoms with van der Waals surface area (Å²) in [5, 5.41) is 3.70. The molecular formula is C18H20N5O7P. The van der Waals surface area contributed by atoms with E-state index in [1.165, 1.54) is 10.8 Å². The summed E-state index contributed by atoms with van der Waals surface area (Å²) in [4.78, 5) is 28.8. The van der Waals surface area contributed by atoms with E-state index in [1.54, 1.807) is 13.0 Å². The van der Waals surface area contributed by atoms with Crippen LogP contribution in [0.1, 0.15) is 29.3 Å². The van der Waals surface area contributed by atoms with Crippen molar-refractivity contribution in [3.63, 3.8) is 0 Å². The number of hydrogen-bond acceptors (Lipinski definition) is 8. The van der Waals surface area contributed by atoms with Gasteiger partial charge in [0.2, 0.25) is 0 Å². The predicted octanol–water partition coefficient (Wildman–Crippen LogP) is 2.85. The average molecular weight is 449 g/mol. The first-order valence-corrected chi connectivity index (χ1v) is 10.9. The second-order valence-corrected chi connectivity index (χ2v) is 8.93. The first kappa shape index (κ1) is 21.4. The summed E-state index contributed by atoms with van der Waals surface area (Å²) < 4.78 is 36.1. The van der Waals surface area contributed by atoms with Crippen LogP contribution < -0.4 is 15.8 Å². The van der Waals surface area contributed by atoms with E-state index in [0.29, 0.717) is 11.3 Å². The molecule has 2 aromatic rings. The number of azide groups is 1. The highest BCUT2D eigenvalue weighted by atomic mass is 31.2. The van der Waals surface area contributed by atoms with Crippen LogP contribution in [0.4, 0.5) is 0 Å². The van der Waals surface area contributed by atoms with Gasteiger partial charge in [0.25, 0.3) is 5.56 Å². The topological polar surface area (TPSA) is 158 Å². The van der Waals surface area contributed by atoms with Gasteiger partial charge in [0, 0.05) is 28.7 Å². The number of nitrogens with one attached hydrogen (secondary N) is 1. The zero-order valence-electron chi connectivity index (χ0n) is 16.8. The molecule has 0 spiro atoms. The van der Waals surface area contributed by atoms with Crippen LogP contribution in [0.2, 0.25) is 0 Å². The van der Waals surface area contributed by atoms with E-state index in [2.05, 4.69) is 15.0 Å². The molecule has 3 heterocycles. The number of aryl methyl sites for hydroxylation is 2. The normalized spacial score (nSPS) is 27.2. The molecule has 1 aromatic heterocycles. The SMILES string of the molecule is Cc1ccc2c(c1)COP(=O)(OC[C@H]1O[C@@H](n3cc(C)c(=O)[nH]c3=O)C[C@@H]1N=[N+]=[N-])O2. The number of nitrogens with zero attached hydrogens (tertiary/aromatic N) is 4. The minimum Gasteiger partial charge on any atom is -0.404 e. The molecule has 1 unspecified atom stereocenters. The van der Waals surface area contributed by atoms with E-state index in [0.717, 1.165) is 11.1 Å². The summed E-state index contributed by atoms with van der Waals surface area (Å²) in [6, 6.07) is 4.69. The van der Waals surface area contributed by atoms with Crippen molar-refractivity contribution in [2.75, 3.05) is 6.61 Å². The van der Waals surface area contributed by atoms with Crippen molar-refractivity contribution in [1.29, 1.82) is 0 Å². The number of hydrogen-bond donors (Lipinski definition) is 1. The summed E-state index contributed by atoms with van der Waals surface area (Å²) in [5.41, 5.74) is 9.82. The van der Waals surface area contributed by atoms with Gasteiger partial charge in [-0.05, 0) is 25.4 Å². The molecule has 4 atom stereocenters. The van der Waals surface area contributed by atoms with Crippen LogP contribution in [0, 0.1) is 13.8 Å². The Bertz CT molecular complexity index is 1220. The highest BCUT2D eigenvalue weighted by Crippen LogP contribution is 2.55. The Morgan fingerprint density at radius 1 is 1.39 bits per heavy atom. The Labute approximate surface area is 176 Å². The van der Waals surface area contributed by atoms with Crippen LogP contribution >= 0.6 is 7.82 Å². The molecule has 12 nitrogen and oxygen atoms in total. The van der Waals surface area contributed by atoms with Gasteiger partial charge >= 0.3 is 13.5 Å². The number of ether oxygens (including phenoxy) is 1. The Morgan fingerprint density at radius 2 is 2.19 bits per heavy atom. The van der Waals surface area contributed by atoms with E-state index in [9.17, 15) is 14.2 Å². The fourth-order valence-corrected chi connectivity index (χ4v) is 4.68. The molecule has 1 N–H and O–H groups in total. The van der Waals surface area contributed by atoms with Crippen LogP contribution in [-0.2, 0) is 25.0 Å². The lowest BCUT2D eigenvalue weighted by Crippen LogP contribution is -2.33. The molecule has 13 heteroatoms. The van der Waals surface area contributed by atoms with E-state index >= 15 is 0 Å². The lowest BCUT2D eigenvalue weighted by Gasteiger charge is -2.26. The lowest BCUT2D eigenvalue weighted by atomic mass is 10.1. The standard InChI is InChI=1S/C18H20N5O7P/c1-10-3-4-14-12(5-10)8-27-31(26,30-14)28-9-15-13(21-22-19)6-16(29-15)23-7-11(2)17(24)20-18(23)25/h3-5,7,13,15-16H,6,8-9H2,1-2H3,(H,20,24,25)/t13-,15+,16+,31?/m0/s1. The van der Waals surface area contributed by atoms with Gasteiger partial charge in [0.15, 0.2) is 0 Å². The van der Waals surface area contributed by atoms with Crippen LogP contribution in [-0.4, -0.2) is 28.3 Å². The summed E-state index contributed by atoms with van der Waals surface area (Å²) in [7, 11) is -3.91. The van der Waals surface area contributed by atoms with E-state index in [-0.39, 0.29) is 19.6 Å². The number of phosphoric acid groups is 1. The monoisotopic (exact) mass is 449 g/mol. The third-order valence-electron chi connectivity index (χ3n) is 5.06. The van der Waals surface area contributed by atoms with Crippen molar-refractivity contribution >= 4 is 7.82 Å². The number of aromatic amines is 1. The van der Waals surface area contributed by atoms with Gasteiger partial charge in [-0.3, -0.25) is 23.4 Å². The number of H-pyrrole nitrogens is 1. The molecule has 4 rings (SSSR count). The minimum atomic E-state index is -3.91. The molecule has 2 aliphatic heterocycles. The molecule has 0 amide bonds. The van der Waals surface area contributed by atoms with Crippen molar-refractivity contribution in [1.82, 2.24) is 9.55 Å². The number of benzene rings is 1. The van der Waals surface area contributed by atoms with Crippen molar-refractivity contribution in [3.8, 4) is 5.75 Å². The van der Waals surface area contributed by atoms with Crippen LogP contribution in [0.5, 0.6) is 5.75 Å². The zero-order valence-corrected chi connectivity index (χ0v) is 17.7. The highest BCUT2D eigenvalue weighted by molar-refractivity contribution is 7.49. The van der Waals surface area contributed by atoms with Crippen molar-refractivity contribution in [2.24, 2.45) is 5.11 Å². The molecule has 0 bridgehead atoms. The minimum absolute atomic E-state index is 0.0638. The third-order valence-corrected chi connectivity index (χ3v) is 6.39. The Morgan fingerprint density at radius 3 is 2.97 bits per heavy atom. The van der Waals surface area contributed by atoms with Gasteiger partial charge in [-0.25, -0.2) is 9.36 Å². The number of phosphoric ester groups is 1. The highest BCUT2D eigenvalue weighted by Gasteiger charge is 2.40. The maximum Gasteiger partial charge on any atom is 0.530 e. The van der Waals surface area contributed by atoms with Gasteiger partial charge in [0.1, 0.15) is 12.0 Å². The maximum absolute atomic E-state index is 12.9. The van der Waals surface area contributed by atoms with E-state index in [1.807, 2.05) is 19.1 Å². The molecule has 0 aliphatic carbocycles. The number of aromatic nitrogens is 2. The lowest BCUT2D eigenvalue weighted by molar-refractivity contribution is -0.0288. The first-order chi connectivity index (χ1) is 14.8. The number of fused-ring (bicyclic) bond motifs is 1. The molecule has 164 valence electrons. The van der Waals surface area contributed by atoms with Gasteiger partial charge in [0.05, 0.1) is 25.4 Å². The smallest absolute Gasteiger partial charge is 0.404 e. The van der Waals surface area contributed by atoms with E-state index < -0.39 is 37.4 Å². The predicted molar refractivity (Wildman–Crippen MR) is 108 cm³/mol. The van der Waals surface area contributed by atoms with Crippen molar-refractivity contribution in [2.45, 2.75) is 45.2 Å². The number of rotatable bonds is 5. The summed E-state index contributed by atoms with van der Waals surface area (Å²) in [6.45, 7) is 3.28. The van der Waals surface area contributed by atoms with Gasteiger partial charge in [-0.15, -0.1) is 0 Å². The molecule has 1 saturated heterocycles. The first-order valence-electron chi connectivity index (χ1n) is 9.48. The Kier molecular flexibility index (Phi) is 5.74. The van der Waals surface area contributed by atoms with Gasteiger partial charge in [-0.1, -0.05) is 22.8 Å². The quantitative estimate of drug-likeness (QED) is 0.318. The molecule has 31 heavy (non-hydrogen) atoms. The van der Waals surface area contributed by atoms with Crippen LogP contribution in [0.15, 0.2) is 39.1 Å². The van der Waals surface area contributed by atoms with Crippen molar-refractivity contribution < 1.29 is 22.9 Å². The Hall–Kier alpha value is -2.88. The van der Waals surface area contributed by atoms with Crippen LogP contribution in [0.25, 0.3) is 10.4 Å². The van der Waals surface area contributed by atoms with Crippen molar-refractivity contribution in [3.05, 3.63) is 72.4 Å². The van der Waals surface area contributed by atoms with Crippen LogP contribution in [0.3, 0.4) is 0 Å². The summed E-state index contributed by atoms with van der Waals surface area (Å²) >= 11 is 0. The summed E-state index contributed by atoms with van der Waals surface area (Å²) in [6.07, 6.45) is -0.0729. The largest absolute Gasteiger partial charge is 0.530 e. The van der Waals surface area contributed by atoms with Gasteiger partial charge < -0.3 is 9.26 Å². The third kappa shape index (κ3) is 4.43. The molecular weight excluding hydrogens is 429 g/mol. The fraction of sp³-hybridized carbons (Fsp3) is 0.444. The molecule has 0 radical (unpaired) electrons. The fourth-order valence-electron chi connectivity index (χ4n) is 3.46. The molecule has 1 fully saturated rings.